The fourth-order valence-electron chi connectivity index (χ4n) is 3.38. The predicted octanol–water partition coefficient (Wildman–Crippen LogP) is 2.35. The highest BCUT2D eigenvalue weighted by Gasteiger charge is 2.36. The van der Waals surface area contributed by atoms with Crippen LogP contribution in [-0.2, 0) is 6.42 Å². The summed E-state index contributed by atoms with van der Waals surface area (Å²) in [7, 11) is 5.04. The molecule has 3 atom stereocenters. The zero-order chi connectivity index (χ0) is 19.1. The number of anilines is 1. The summed E-state index contributed by atoms with van der Waals surface area (Å²) in [5, 5.41) is 14.1. The second-order valence-corrected chi connectivity index (χ2v) is 7.58. The SMILES string of the molecule is CN[C@H]1C[C@@H](O)[C@@H](N(C)c2nc(OC)nc3sc(CC(F)(F)F)cc23)C1. The van der Waals surface area contributed by atoms with Crippen molar-refractivity contribution in [3.8, 4) is 6.01 Å². The Morgan fingerprint density at radius 3 is 2.69 bits per heavy atom. The van der Waals surface area contributed by atoms with Crippen molar-refractivity contribution in [3.63, 3.8) is 0 Å². The Hall–Kier alpha value is -1.65. The molecule has 0 radical (unpaired) electrons. The molecule has 26 heavy (non-hydrogen) atoms. The van der Waals surface area contributed by atoms with E-state index in [2.05, 4.69) is 15.3 Å². The highest BCUT2D eigenvalue weighted by atomic mass is 32.1. The lowest BCUT2D eigenvalue weighted by Gasteiger charge is -2.28. The molecule has 0 amide bonds. The number of ether oxygens (including phenoxy) is 1. The van der Waals surface area contributed by atoms with Gasteiger partial charge in [-0.25, -0.2) is 0 Å². The first-order valence-corrected chi connectivity index (χ1v) is 9.03. The third-order valence-corrected chi connectivity index (χ3v) is 5.73. The number of halogens is 3. The van der Waals surface area contributed by atoms with Crippen molar-refractivity contribution >= 4 is 27.4 Å². The molecule has 1 fully saturated rings. The molecule has 0 spiro atoms. The summed E-state index contributed by atoms with van der Waals surface area (Å²) in [5.41, 5.74) is 0. The molecule has 0 bridgehead atoms. The molecule has 2 aromatic heterocycles. The summed E-state index contributed by atoms with van der Waals surface area (Å²) >= 11 is 0.981. The molecule has 144 valence electrons. The van der Waals surface area contributed by atoms with Crippen LogP contribution in [0.3, 0.4) is 0 Å². The summed E-state index contributed by atoms with van der Waals surface area (Å²) in [6.45, 7) is 0. The van der Waals surface area contributed by atoms with Crippen LogP contribution in [0.4, 0.5) is 19.0 Å². The standard InChI is InChI=1S/C16H21F3N4O2S/c1-20-8-4-11(12(24)5-8)23(2)13-10-6-9(7-16(17,18)19)26-14(10)22-15(21-13)25-3/h6,8,11-12,20,24H,4-5,7H2,1-3H3/t8-,11+,12-/m1/s1. The van der Waals surface area contributed by atoms with Crippen LogP contribution in [0.15, 0.2) is 6.07 Å². The fraction of sp³-hybridized carbons (Fsp3) is 0.625. The highest BCUT2D eigenvalue weighted by Crippen LogP contribution is 2.37. The van der Waals surface area contributed by atoms with Gasteiger partial charge >= 0.3 is 12.2 Å². The normalized spacial score (nSPS) is 23.6. The molecular weight excluding hydrogens is 369 g/mol. The topological polar surface area (TPSA) is 70.5 Å². The number of alkyl halides is 3. The van der Waals surface area contributed by atoms with Gasteiger partial charge < -0.3 is 20.1 Å². The van der Waals surface area contributed by atoms with Crippen molar-refractivity contribution in [2.45, 2.75) is 43.6 Å². The Labute approximate surface area is 153 Å². The lowest BCUT2D eigenvalue weighted by Crippen LogP contribution is -2.38. The van der Waals surface area contributed by atoms with Crippen molar-refractivity contribution in [1.29, 1.82) is 0 Å². The van der Waals surface area contributed by atoms with Gasteiger partial charge in [0.25, 0.3) is 0 Å². The molecule has 2 aromatic rings. The number of thiophene rings is 1. The Morgan fingerprint density at radius 1 is 1.38 bits per heavy atom. The van der Waals surface area contributed by atoms with Gasteiger partial charge in [0.2, 0.25) is 0 Å². The van der Waals surface area contributed by atoms with Crippen LogP contribution >= 0.6 is 11.3 Å². The molecular formula is C16H21F3N4O2S. The first kappa shape index (κ1) is 19.1. The van der Waals surface area contributed by atoms with Crippen molar-refractivity contribution in [1.82, 2.24) is 15.3 Å². The quantitative estimate of drug-likeness (QED) is 0.817. The van der Waals surface area contributed by atoms with E-state index in [9.17, 15) is 18.3 Å². The van der Waals surface area contributed by atoms with Crippen molar-refractivity contribution in [2.75, 3.05) is 26.1 Å². The molecule has 0 aromatic carbocycles. The van der Waals surface area contributed by atoms with Gasteiger partial charge in [-0.05, 0) is 26.0 Å². The van der Waals surface area contributed by atoms with E-state index >= 15 is 0 Å². The van der Waals surface area contributed by atoms with Gasteiger partial charge in [-0.2, -0.15) is 23.1 Å². The number of nitrogens with zero attached hydrogens (tertiary/aromatic N) is 3. The van der Waals surface area contributed by atoms with E-state index < -0.39 is 18.7 Å². The van der Waals surface area contributed by atoms with Gasteiger partial charge in [0.1, 0.15) is 10.6 Å². The number of aliphatic hydroxyl groups excluding tert-OH is 1. The molecule has 6 nitrogen and oxygen atoms in total. The first-order chi connectivity index (χ1) is 12.2. The van der Waals surface area contributed by atoms with Crippen molar-refractivity contribution < 1.29 is 23.0 Å². The summed E-state index contributed by atoms with van der Waals surface area (Å²) in [6.07, 6.45) is -4.53. The number of nitrogens with one attached hydrogen (secondary N) is 1. The summed E-state index contributed by atoms with van der Waals surface area (Å²) in [5.74, 6) is 0.470. The van der Waals surface area contributed by atoms with Gasteiger partial charge in [-0.1, -0.05) is 0 Å². The lowest BCUT2D eigenvalue weighted by molar-refractivity contribution is -0.126. The van der Waals surface area contributed by atoms with Gasteiger partial charge in [0.15, 0.2) is 0 Å². The molecule has 0 saturated heterocycles. The van der Waals surface area contributed by atoms with E-state index in [0.29, 0.717) is 28.9 Å². The van der Waals surface area contributed by atoms with E-state index in [1.54, 1.807) is 7.05 Å². The van der Waals surface area contributed by atoms with Crippen LogP contribution in [0, 0.1) is 0 Å². The Bertz CT molecular complexity index is 783. The van der Waals surface area contributed by atoms with E-state index in [4.69, 9.17) is 4.74 Å². The minimum Gasteiger partial charge on any atom is -0.467 e. The fourth-order valence-corrected chi connectivity index (χ4v) is 4.43. The maximum absolute atomic E-state index is 12.7. The van der Waals surface area contributed by atoms with E-state index in [1.165, 1.54) is 13.2 Å². The first-order valence-electron chi connectivity index (χ1n) is 8.21. The molecule has 1 aliphatic carbocycles. The molecule has 2 heterocycles. The summed E-state index contributed by atoms with van der Waals surface area (Å²) in [4.78, 5) is 11.0. The largest absolute Gasteiger partial charge is 0.467 e. The maximum atomic E-state index is 12.7. The number of hydrogen-bond acceptors (Lipinski definition) is 7. The van der Waals surface area contributed by atoms with E-state index in [1.807, 2.05) is 11.9 Å². The molecule has 2 N–H and O–H groups in total. The van der Waals surface area contributed by atoms with Crippen LogP contribution in [-0.4, -0.2) is 60.6 Å². The van der Waals surface area contributed by atoms with Crippen LogP contribution in [0.1, 0.15) is 17.7 Å². The summed E-state index contributed by atoms with van der Waals surface area (Å²) in [6, 6.07) is 1.56. The van der Waals surface area contributed by atoms with E-state index in [-0.39, 0.29) is 23.0 Å². The monoisotopic (exact) mass is 390 g/mol. The van der Waals surface area contributed by atoms with Crippen LogP contribution < -0.4 is 15.0 Å². The predicted molar refractivity (Wildman–Crippen MR) is 94.0 cm³/mol. The zero-order valence-corrected chi connectivity index (χ0v) is 15.5. The molecule has 10 heteroatoms. The zero-order valence-electron chi connectivity index (χ0n) is 14.7. The molecule has 1 saturated carbocycles. The van der Waals surface area contributed by atoms with Crippen LogP contribution in [0.5, 0.6) is 6.01 Å². The van der Waals surface area contributed by atoms with Gasteiger partial charge in [0, 0.05) is 18.0 Å². The second-order valence-electron chi connectivity index (χ2n) is 6.46. The molecule has 3 rings (SSSR count). The smallest absolute Gasteiger partial charge is 0.393 e. The van der Waals surface area contributed by atoms with Crippen LogP contribution in [0.25, 0.3) is 10.2 Å². The highest BCUT2D eigenvalue weighted by molar-refractivity contribution is 7.18. The lowest BCUT2D eigenvalue weighted by atomic mass is 10.1. The molecule has 0 aliphatic heterocycles. The summed E-state index contributed by atoms with van der Waals surface area (Å²) < 4.78 is 43.4. The third kappa shape index (κ3) is 3.86. The number of aliphatic hydroxyl groups is 1. The number of aromatic nitrogens is 2. The second kappa shape index (κ2) is 7.16. The Morgan fingerprint density at radius 2 is 2.12 bits per heavy atom. The Kier molecular flexibility index (Phi) is 5.27. The third-order valence-electron chi connectivity index (χ3n) is 4.70. The number of methoxy groups -OCH3 is 1. The van der Waals surface area contributed by atoms with E-state index in [0.717, 1.165) is 11.3 Å². The van der Waals surface area contributed by atoms with Crippen LogP contribution in [0.2, 0.25) is 0 Å². The number of rotatable bonds is 5. The van der Waals surface area contributed by atoms with Gasteiger partial charge in [0.05, 0.1) is 31.1 Å². The van der Waals surface area contributed by atoms with Crippen molar-refractivity contribution in [3.05, 3.63) is 10.9 Å². The van der Waals surface area contributed by atoms with Crippen molar-refractivity contribution in [2.24, 2.45) is 0 Å². The van der Waals surface area contributed by atoms with Gasteiger partial charge in [-0.15, -0.1) is 11.3 Å². The minimum atomic E-state index is -4.29. The Balaban J connectivity index is 2.00. The number of fused-ring (bicyclic) bond motifs is 1. The average molecular weight is 390 g/mol. The number of hydrogen-bond donors (Lipinski definition) is 2. The number of likely N-dealkylation sites (N-methyl/N-ethyl adjacent to an activating group) is 1. The molecule has 1 aliphatic rings. The average Bonchev–Trinajstić information content (AvgIpc) is 3.13. The van der Waals surface area contributed by atoms with Gasteiger partial charge in [-0.3, -0.25) is 0 Å². The minimum absolute atomic E-state index is 0.0948. The molecule has 0 unspecified atom stereocenters. The maximum Gasteiger partial charge on any atom is 0.393 e.